The van der Waals surface area contributed by atoms with Crippen molar-refractivity contribution in [2.24, 2.45) is 0 Å². The molecule has 6 nitrogen and oxygen atoms in total. The molecule has 1 aromatic carbocycles. The van der Waals surface area contributed by atoms with Crippen molar-refractivity contribution in [2.45, 2.75) is 25.3 Å². The van der Waals surface area contributed by atoms with Gasteiger partial charge >= 0.3 is 5.97 Å². The highest BCUT2D eigenvalue weighted by Crippen LogP contribution is 2.36. The number of benzene rings is 1. The largest absolute Gasteiger partial charge is 0.480 e. The van der Waals surface area contributed by atoms with Crippen LogP contribution in [0.15, 0.2) is 42.7 Å². The number of hydrogen-bond donors (Lipinski definition) is 1. The summed E-state index contributed by atoms with van der Waals surface area (Å²) < 4.78 is 0. The van der Waals surface area contributed by atoms with Crippen LogP contribution in [0.3, 0.4) is 0 Å². The minimum absolute atomic E-state index is 0.0907. The third-order valence-electron chi connectivity index (χ3n) is 5.37. The van der Waals surface area contributed by atoms with Crippen LogP contribution in [0.2, 0.25) is 0 Å². The van der Waals surface area contributed by atoms with Crippen molar-refractivity contribution in [3.8, 4) is 10.4 Å². The van der Waals surface area contributed by atoms with Crippen LogP contribution >= 0.6 is 11.3 Å². The Morgan fingerprint density at radius 2 is 2.07 bits per heavy atom. The van der Waals surface area contributed by atoms with Gasteiger partial charge in [-0.15, -0.1) is 11.3 Å². The minimum Gasteiger partial charge on any atom is -0.480 e. The summed E-state index contributed by atoms with van der Waals surface area (Å²) in [5, 5.41) is 10.2. The molecule has 146 valence electrons. The van der Waals surface area contributed by atoms with E-state index in [4.69, 9.17) is 5.11 Å². The van der Waals surface area contributed by atoms with Gasteiger partial charge in [-0.25, -0.2) is 9.97 Å². The summed E-state index contributed by atoms with van der Waals surface area (Å²) in [4.78, 5) is 26.6. The zero-order valence-electron chi connectivity index (χ0n) is 15.9. The molecule has 0 saturated carbocycles. The molecule has 1 aliphatic rings. The van der Waals surface area contributed by atoms with Gasteiger partial charge in [0, 0.05) is 24.0 Å². The molecule has 0 bridgehead atoms. The van der Waals surface area contributed by atoms with Crippen LogP contribution in [0.25, 0.3) is 20.7 Å². The lowest BCUT2D eigenvalue weighted by molar-refractivity contribution is -0.138. The van der Waals surface area contributed by atoms with Gasteiger partial charge in [0.15, 0.2) is 0 Å². The van der Waals surface area contributed by atoms with Crippen LogP contribution in [0.5, 0.6) is 0 Å². The fourth-order valence-corrected chi connectivity index (χ4v) is 4.91. The topological polar surface area (TPSA) is 69.6 Å². The molecule has 3 heterocycles. The highest BCUT2D eigenvalue weighted by Gasteiger charge is 2.23. The molecular formula is C21H24N4O2S. The maximum atomic E-state index is 11.0. The predicted octanol–water partition coefficient (Wildman–Crippen LogP) is 3.73. The summed E-state index contributed by atoms with van der Waals surface area (Å²) in [6, 6.07) is 12.9. The third kappa shape index (κ3) is 4.00. The number of hydrogen-bond acceptors (Lipinski definition) is 6. The zero-order valence-corrected chi connectivity index (χ0v) is 16.7. The average Bonchev–Trinajstić information content (AvgIpc) is 2.98. The molecule has 7 heteroatoms. The second kappa shape index (κ2) is 8.24. The summed E-state index contributed by atoms with van der Waals surface area (Å²) in [6.07, 6.45) is 4.62. The minimum atomic E-state index is -0.771. The van der Waals surface area contributed by atoms with Gasteiger partial charge in [-0.05, 0) is 37.9 Å². The van der Waals surface area contributed by atoms with E-state index in [0.29, 0.717) is 6.04 Å². The fourth-order valence-electron chi connectivity index (χ4n) is 3.91. The number of fused-ring (bicyclic) bond motifs is 1. The standard InChI is InChI=1S/C21H24N4O2S/c1-24(13-19(26)27)16-8-5-10-25(11-9-16)20-17-12-18(15-6-3-2-4-7-15)28-21(17)23-14-22-20/h2-4,6-7,12,14,16H,5,8-11,13H2,1H3,(H,26,27). The summed E-state index contributed by atoms with van der Waals surface area (Å²) in [5.74, 6) is 0.220. The van der Waals surface area contributed by atoms with E-state index >= 15 is 0 Å². The number of likely N-dealkylation sites (N-methyl/N-ethyl adjacent to an activating group) is 1. The Morgan fingerprint density at radius 3 is 2.86 bits per heavy atom. The van der Waals surface area contributed by atoms with Crippen molar-refractivity contribution < 1.29 is 9.90 Å². The van der Waals surface area contributed by atoms with Gasteiger partial charge in [0.05, 0.1) is 11.9 Å². The summed E-state index contributed by atoms with van der Waals surface area (Å²) >= 11 is 1.69. The molecular weight excluding hydrogens is 372 g/mol. The first-order chi connectivity index (χ1) is 13.6. The van der Waals surface area contributed by atoms with Crippen LogP contribution in [-0.2, 0) is 4.79 Å². The van der Waals surface area contributed by atoms with Gasteiger partial charge < -0.3 is 10.0 Å². The second-order valence-electron chi connectivity index (χ2n) is 7.27. The van der Waals surface area contributed by atoms with E-state index in [-0.39, 0.29) is 6.54 Å². The van der Waals surface area contributed by atoms with E-state index in [1.807, 2.05) is 18.0 Å². The molecule has 0 spiro atoms. The Balaban J connectivity index is 1.57. The van der Waals surface area contributed by atoms with Crippen molar-refractivity contribution >= 4 is 33.3 Å². The summed E-state index contributed by atoms with van der Waals surface area (Å²) in [7, 11) is 1.91. The van der Waals surface area contributed by atoms with E-state index in [9.17, 15) is 4.79 Å². The average molecular weight is 397 g/mol. The van der Waals surface area contributed by atoms with Crippen LogP contribution < -0.4 is 4.90 Å². The van der Waals surface area contributed by atoms with Gasteiger partial charge in [-0.2, -0.15) is 0 Å². The molecule has 1 fully saturated rings. The number of thiophene rings is 1. The Hall–Kier alpha value is -2.51. The lowest BCUT2D eigenvalue weighted by Gasteiger charge is -2.26. The molecule has 0 amide bonds. The first-order valence-corrected chi connectivity index (χ1v) is 10.4. The monoisotopic (exact) mass is 396 g/mol. The number of nitrogens with zero attached hydrogens (tertiary/aromatic N) is 4. The van der Waals surface area contributed by atoms with Crippen molar-refractivity contribution in [1.82, 2.24) is 14.9 Å². The third-order valence-corrected chi connectivity index (χ3v) is 6.46. The van der Waals surface area contributed by atoms with Crippen molar-refractivity contribution in [2.75, 3.05) is 31.6 Å². The molecule has 2 aromatic heterocycles. The van der Waals surface area contributed by atoms with Crippen LogP contribution in [0.4, 0.5) is 5.82 Å². The van der Waals surface area contributed by atoms with E-state index in [0.717, 1.165) is 48.4 Å². The van der Waals surface area contributed by atoms with Crippen LogP contribution in [0.1, 0.15) is 19.3 Å². The highest BCUT2D eigenvalue weighted by atomic mass is 32.1. The SMILES string of the molecule is CN(CC(=O)O)C1CCCN(c2ncnc3sc(-c4ccccc4)cc23)CC1. The Kier molecular flexibility index (Phi) is 5.54. The van der Waals surface area contributed by atoms with E-state index in [1.54, 1.807) is 17.7 Å². The zero-order chi connectivity index (χ0) is 19.5. The summed E-state index contributed by atoms with van der Waals surface area (Å²) in [5.41, 5.74) is 1.20. The highest BCUT2D eigenvalue weighted by molar-refractivity contribution is 7.21. The number of anilines is 1. The number of carboxylic acid groups (broad SMARTS) is 1. The number of carboxylic acids is 1. The molecule has 1 unspecified atom stereocenters. The van der Waals surface area contributed by atoms with Crippen LogP contribution in [-0.4, -0.2) is 58.7 Å². The van der Waals surface area contributed by atoms with E-state index < -0.39 is 5.97 Å². The Morgan fingerprint density at radius 1 is 1.25 bits per heavy atom. The number of rotatable bonds is 5. The van der Waals surface area contributed by atoms with Crippen molar-refractivity contribution in [3.05, 3.63) is 42.7 Å². The van der Waals surface area contributed by atoms with Crippen molar-refractivity contribution in [3.63, 3.8) is 0 Å². The van der Waals surface area contributed by atoms with Gasteiger partial charge in [-0.1, -0.05) is 30.3 Å². The Bertz CT molecular complexity index is 959. The molecule has 28 heavy (non-hydrogen) atoms. The predicted molar refractivity (Wildman–Crippen MR) is 113 cm³/mol. The normalized spacial score (nSPS) is 17.8. The number of aromatic nitrogens is 2. The molecule has 1 atom stereocenters. The fraction of sp³-hybridized carbons (Fsp3) is 0.381. The van der Waals surface area contributed by atoms with E-state index in [1.165, 1.54) is 10.4 Å². The van der Waals surface area contributed by atoms with Gasteiger partial charge in [0.2, 0.25) is 0 Å². The van der Waals surface area contributed by atoms with Gasteiger partial charge in [-0.3, -0.25) is 9.69 Å². The number of aliphatic carboxylic acids is 1. The molecule has 4 rings (SSSR count). The molecule has 1 saturated heterocycles. The molecule has 0 aliphatic carbocycles. The van der Waals surface area contributed by atoms with Crippen LogP contribution in [0, 0.1) is 0 Å². The molecule has 1 N–H and O–H groups in total. The molecule has 1 aliphatic heterocycles. The molecule has 3 aromatic rings. The Labute approximate surface area is 168 Å². The second-order valence-corrected chi connectivity index (χ2v) is 8.30. The quantitative estimate of drug-likeness (QED) is 0.709. The summed E-state index contributed by atoms with van der Waals surface area (Å²) in [6.45, 7) is 1.89. The maximum absolute atomic E-state index is 11.0. The lowest BCUT2D eigenvalue weighted by atomic mass is 10.1. The number of carbonyl (C=O) groups is 1. The first-order valence-electron chi connectivity index (χ1n) is 9.59. The maximum Gasteiger partial charge on any atom is 0.317 e. The van der Waals surface area contributed by atoms with Gasteiger partial charge in [0.1, 0.15) is 17.0 Å². The van der Waals surface area contributed by atoms with Crippen molar-refractivity contribution in [1.29, 1.82) is 0 Å². The smallest absolute Gasteiger partial charge is 0.317 e. The molecule has 0 radical (unpaired) electrons. The lowest BCUT2D eigenvalue weighted by Crippen LogP contribution is -2.36. The first kappa shape index (κ1) is 18.8. The van der Waals surface area contributed by atoms with Gasteiger partial charge in [0.25, 0.3) is 0 Å². The van der Waals surface area contributed by atoms with E-state index in [2.05, 4.69) is 45.2 Å².